The van der Waals surface area contributed by atoms with Crippen molar-refractivity contribution in [1.82, 2.24) is 15.5 Å². The van der Waals surface area contributed by atoms with Gasteiger partial charge in [0.1, 0.15) is 0 Å². The Labute approximate surface area is 163 Å². The maximum Gasteiger partial charge on any atom is 0.191 e. The van der Waals surface area contributed by atoms with Crippen LogP contribution in [-0.4, -0.2) is 71.0 Å². The van der Waals surface area contributed by atoms with Gasteiger partial charge in [-0.15, -0.1) is 0 Å². The zero-order chi connectivity index (χ0) is 19.6. The Bertz CT molecular complexity index is 607. The topological polar surface area (TPSA) is 67.4 Å². The molecule has 1 heterocycles. The van der Waals surface area contributed by atoms with Crippen LogP contribution in [0.4, 0.5) is 0 Å². The molecule has 1 unspecified atom stereocenters. The number of guanidine groups is 1. The summed E-state index contributed by atoms with van der Waals surface area (Å²) in [5, 5.41) is 6.69. The van der Waals surface area contributed by atoms with Crippen LogP contribution >= 0.6 is 0 Å². The first-order valence-electron chi connectivity index (χ1n) is 9.55. The molecule has 2 N–H and O–H groups in total. The number of nitrogens with zero attached hydrogens (tertiary/aromatic N) is 2. The molecule has 0 spiro atoms. The molecule has 1 aromatic rings. The minimum absolute atomic E-state index is 0.169. The van der Waals surface area contributed by atoms with Crippen LogP contribution in [0.25, 0.3) is 0 Å². The number of ether oxygens (including phenoxy) is 3. The summed E-state index contributed by atoms with van der Waals surface area (Å²) in [7, 11) is 5.06. The molecule has 0 bridgehead atoms. The Morgan fingerprint density at radius 3 is 2.78 bits per heavy atom. The standard InChI is InChI=1S/C20H34N4O3/c1-15(2)13-24-9-10-27-17(14-24)12-23-20(21-3)22-11-16-7-6-8-18(25-4)19(16)26-5/h6-8,15,17H,9-14H2,1-5H3,(H2,21,22,23). The van der Waals surface area contributed by atoms with E-state index in [-0.39, 0.29) is 6.10 Å². The van der Waals surface area contributed by atoms with E-state index in [0.29, 0.717) is 12.5 Å². The van der Waals surface area contributed by atoms with Gasteiger partial charge in [-0.05, 0) is 12.0 Å². The first-order valence-corrected chi connectivity index (χ1v) is 9.55. The number of methoxy groups -OCH3 is 2. The van der Waals surface area contributed by atoms with Gasteiger partial charge in [-0.25, -0.2) is 0 Å². The van der Waals surface area contributed by atoms with Gasteiger partial charge in [0.15, 0.2) is 17.5 Å². The van der Waals surface area contributed by atoms with Crippen LogP contribution in [-0.2, 0) is 11.3 Å². The quantitative estimate of drug-likeness (QED) is 0.530. The second kappa shape index (κ2) is 11.0. The van der Waals surface area contributed by atoms with Crippen molar-refractivity contribution in [2.24, 2.45) is 10.9 Å². The molecule has 0 radical (unpaired) electrons. The van der Waals surface area contributed by atoms with E-state index in [1.165, 1.54) is 0 Å². The summed E-state index contributed by atoms with van der Waals surface area (Å²) in [5.41, 5.74) is 1.01. The third-order valence-electron chi connectivity index (χ3n) is 4.50. The average molecular weight is 379 g/mol. The van der Waals surface area contributed by atoms with Gasteiger partial charge in [0.25, 0.3) is 0 Å². The number of rotatable bonds is 8. The lowest BCUT2D eigenvalue weighted by Gasteiger charge is -2.34. The molecule has 7 nitrogen and oxygen atoms in total. The summed E-state index contributed by atoms with van der Waals surface area (Å²) in [5.74, 6) is 2.87. The van der Waals surface area contributed by atoms with Gasteiger partial charge in [-0.3, -0.25) is 9.89 Å². The van der Waals surface area contributed by atoms with E-state index in [4.69, 9.17) is 14.2 Å². The van der Waals surface area contributed by atoms with Crippen molar-refractivity contribution in [2.75, 3.05) is 54.1 Å². The molecule has 27 heavy (non-hydrogen) atoms. The lowest BCUT2D eigenvalue weighted by molar-refractivity contribution is -0.0284. The number of nitrogens with one attached hydrogen (secondary N) is 2. The average Bonchev–Trinajstić information content (AvgIpc) is 2.67. The minimum Gasteiger partial charge on any atom is -0.493 e. The van der Waals surface area contributed by atoms with E-state index in [1.54, 1.807) is 21.3 Å². The zero-order valence-electron chi connectivity index (χ0n) is 17.2. The summed E-state index contributed by atoms with van der Waals surface area (Å²) in [4.78, 5) is 6.78. The highest BCUT2D eigenvalue weighted by molar-refractivity contribution is 5.79. The molecule has 1 aliphatic heterocycles. The Morgan fingerprint density at radius 1 is 1.30 bits per heavy atom. The van der Waals surface area contributed by atoms with Crippen molar-refractivity contribution in [1.29, 1.82) is 0 Å². The Kier molecular flexibility index (Phi) is 8.67. The van der Waals surface area contributed by atoms with Crippen molar-refractivity contribution >= 4 is 5.96 Å². The van der Waals surface area contributed by atoms with Gasteiger partial charge in [-0.2, -0.15) is 0 Å². The Balaban J connectivity index is 1.84. The molecule has 1 saturated heterocycles. The predicted molar refractivity (Wildman–Crippen MR) is 109 cm³/mol. The number of benzene rings is 1. The lowest BCUT2D eigenvalue weighted by Crippen LogP contribution is -2.50. The normalized spacial score (nSPS) is 18.4. The van der Waals surface area contributed by atoms with E-state index in [0.717, 1.165) is 55.8 Å². The van der Waals surface area contributed by atoms with Crippen LogP contribution in [0.5, 0.6) is 11.5 Å². The predicted octanol–water partition coefficient (Wildman–Crippen LogP) is 1.73. The number of para-hydroxylation sites is 1. The van der Waals surface area contributed by atoms with Crippen LogP contribution in [0.15, 0.2) is 23.2 Å². The van der Waals surface area contributed by atoms with Crippen LogP contribution < -0.4 is 20.1 Å². The summed E-state index contributed by atoms with van der Waals surface area (Å²) in [6.07, 6.45) is 0.169. The van der Waals surface area contributed by atoms with Gasteiger partial charge in [-0.1, -0.05) is 26.0 Å². The maximum absolute atomic E-state index is 5.89. The zero-order valence-corrected chi connectivity index (χ0v) is 17.2. The summed E-state index contributed by atoms with van der Waals surface area (Å²) >= 11 is 0. The molecule has 1 fully saturated rings. The number of hydrogen-bond acceptors (Lipinski definition) is 5. The third kappa shape index (κ3) is 6.59. The van der Waals surface area contributed by atoms with Crippen molar-refractivity contribution < 1.29 is 14.2 Å². The van der Waals surface area contributed by atoms with Gasteiger partial charge >= 0.3 is 0 Å². The van der Waals surface area contributed by atoms with Crippen LogP contribution in [0.2, 0.25) is 0 Å². The molecule has 152 valence electrons. The van der Waals surface area contributed by atoms with Crippen LogP contribution in [0.3, 0.4) is 0 Å². The summed E-state index contributed by atoms with van der Waals surface area (Å²) in [6.45, 7) is 9.68. The van der Waals surface area contributed by atoms with E-state index in [1.807, 2.05) is 18.2 Å². The van der Waals surface area contributed by atoms with Crippen molar-refractivity contribution in [2.45, 2.75) is 26.5 Å². The number of morpholine rings is 1. The number of aliphatic imine (C=N–C) groups is 1. The lowest BCUT2D eigenvalue weighted by atomic mass is 10.2. The molecular formula is C20H34N4O3. The van der Waals surface area contributed by atoms with Gasteiger partial charge < -0.3 is 24.8 Å². The second-order valence-corrected chi connectivity index (χ2v) is 7.11. The molecule has 1 atom stereocenters. The largest absolute Gasteiger partial charge is 0.493 e. The van der Waals surface area contributed by atoms with Crippen LogP contribution in [0.1, 0.15) is 19.4 Å². The highest BCUT2D eigenvalue weighted by atomic mass is 16.5. The molecular weight excluding hydrogens is 344 g/mol. The molecule has 0 aliphatic carbocycles. The minimum atomic E-state index is 0.169. The van der Waals surface area contributed by atoms with Crippen molar-refractivity contribution in [3.05, 3.63) is 23.8 Å². The van der Waals surface area contributed by atoms with Crippen LogP contribution in [0, 0.1) is 5.92 Å². The molecule has 0 saturated carbocycles. The van der Waals surface area contributed by atoms with E-state index in [2.05, 4.69) is 34.4 Å². The van der Waals surface area contributed by atoms with E-state index < -0.39 is 0 Å². The molecule has 2 rings (SSSR count). The number of hydrogen-bond donors (Lipinski definition) is 2. The van der Waals surface area contributed by atoms with Crippen molar-refractivity contribution in [3.8, 4) is 11.5 Å². The SMILES string of the molecule is CN=C(NCc1cccc(OC)c1OC)NCC1CN(CC(C)C)CCO1. The molecule has 1 aromatic carbocycles. The van der Waals surface area contributed by atoms with Crippen molar-refractivity contribution in [3.63, 3.8) is 0 Å². The van der Waals surface area contributed by atoms with Gasteiger partial charge in [0.2, 0.25) is 0 Å². The highest BCUT2D eigenvalue weighted by Gasteiger charge is 2.21. The molecule has 7 heteroatoms. The van der Waals surface area contributed by atoms with E-state index in [9.17, 15) is 0 Å². The monoisotopic (exact) mass is 378 g/mol. The second-order valence-electron chi connectivity index (χ2n) is 7.11. The fraction of sp³-hybridized carbons (Fsp3) is 0.650. The fourth-order valence-corrected chi connectivity index (χ4v) is 3.29. The molecule has 1 aliphatic rings. The maximum atomic E-state index is 5.89. The fourth-order valence-electron chi connectivity index (χ4n) is 3.29. The van der Waals surface area contributed by atoms with E-state index >= 15 is 0 Å². The highest BCUT2D eigenvalue weighted by Crippen LogP contribution is 2.30. The Morgan fingerprint density at radius 2 is 2.11 bits per heavy atom. The summed E-state index contributed by atoms with van der Waals surface area (Å²) in [6, 6.07) is 5.85. The van der Waals surface area contributed by atoms with Gasteiger partial charge in [0.05, 0.1) is 26.9 Å². The molecule has 0 amide bonds. The summed E-state index contributed by atoms with van der Waals surface area (Å²) < 4.78 is 16.7. The third-order valence-corrected chi connectivity index (χ3v) is 4.50. The molecule has 0 aromatic heterocycles. The Hall–Kier alpha value is -1.99. The first-order chi connectivity index (χ1) is 13.1. The van der Waals surface area contributed by atoms with Gasteiger partial charge in [0, 0.05) is 45.3 Å². The smallest absolute Gasteiger partial charge is 0.191 e. The first kappa shape index (κ1) is 21.3.